The number of aliphatic hydroxyl groups excluding tert-OH is 1. The van der Waals surface area contributed by atoms with Crippen molar-refractivity contribution < 1.29 is 5.11 Å². The lowest BCUT2D eigenvalue weighted by molar-refractivity contribution is 0.282. The topological polar surface area (TPSA) is 20.2 Å². The molecule has 13 heavy (non-hydrogen) atoms. The molecule has 0 unspecified atom stereocenters. The van der Waals surface area contributed by atoms with Gasteiger partial charge in [-0.2, -0.15) is 0 Å². The number of unbranched alkanes of at least 4 members (excludes halogenated alkanes) is 9. The molecule has 1 N–H and O–H groups in total. The molecule has 0 fully saturated rings. The first-order chi connectivity index (χ1) is 6.91. The molecular formula is C12H26O. The first kappa shape index (κ1) is 11.0. The number of hydrogen-bond acceptors (Lipinski definition) is 1. The summed E-state index contributed by atoms with van der Waals surface area (Å²) in [5, 5.41) is 4.26. The number of aliphatic hydroxyl groups is 1. The summed E-state index contributed by atoms with van der Waals surface area (Å²) >= 11 is 0. The molecule has 0 aliphatic carbocycles. The zero-order valence-electron chi connectivity index (χ0n) is 10.2. The third-order valence-corrected chi connectivity index (χ3v) is 2.50. The van der Waals surface area contributed by atoms with E-state index >= 15 is 0 Å². The van der Waals surface area contributed by atoms with E-state index in [0.29, 0.717) is 6.61 Å². The van der Waals surface area contributed by atoms with Gasteiger partial charge in [-0.15, -0.1) is 0 Å². The first-order valence-corrected chi connectivity index (χ1v) is 6.00. The van der Waals surface area contributed by atoms with E-state index < -0.39 is 0 Å². The molecule has 0 radical (unpaired) electrons. The van der Waals surface area contributed by atoms with Crippen LogP contribution in [0.25, 0.3) is 0 Å². The van der Waals surface area contributed by atoms with Crippen LogP contribution in [-0.4, -0.2) is 13.1 Å². The van der Waals surface area contributed by atoms with Crippen LogP contribution in [0, 0.1) is 0 Å². The Bertz CT molecular complexity index is 84.3. The quantitative estimate of drug-likeness (QED) is 0.486. The van der Waals surface area contributed by atoms with E-state index in [2.05, 4.69) is 12.0 Å². The third-order valence-electron chi connectivity index (χ3n) is 2.50. The van der Waals surface area contributed by atoms with Crippen molar-refractivity contribution in [3.8, 4) is 0 Å². The van der Waals surface area contributed by atoms with Gasteiger partial charge in [-0.25, -0.2) is 0 Å². The van der Waals surface area contributed by atoms with Crippen molar-refractivity contribution in [3.05, 3.63) is 0 Å². The second-order valence-corrected chi connectivity index (χ2v) is 3.89. The molecule has 0 aromatic carbocycles. The van der Waals surface area contributed by atoms with Crippen LogP contribution in [0.15, 0.2) is 0 Å². The normalized spacial score (nSPS) is 11.6. The molecule has 1 nitrogen and oxygen atoms in total. The Kier molecular flexibility index (Phi) is 10.2. The van der Waals surface area contributed by atoms with Gasteiger partial charge in [0.1, 0.15) is 0 Å². The third kappa shape index (κ3) is 12.0. The number of hydrogen-bond donors (Lipinski definition) is 1. The Morgan fingerprint density at radius 1 is 0.769 bits per heavy atom. The highest BCUT2D eigenvalue weighted by atomic mass is 16.2. The van der Waals surface area contributed by atoms with E-state index in [-0.39, 0.29) is 0 Å². The molecule has 0 rings (SSSR count). The van der Waals surface area contributed by atoms with Crippen molar-refractivity contribution in [1.29, 1.82) is 1.43 Å². The molecular weight excluding hydrogens is 160 g/mol. The van der Waals surface area contributed by atoms with E-state index in [1.807, 2.05) is 0 Å². The minimum absolute atomic E-state index is 0.608. The summed E-state index contributed by atoms with van der Waals surface area (Å²) < 4.78 is 6.51. The molecule has 0 heterocycles. The average Bonchev–Trinajstić information content (AvgIpc) is 2.21. The summed E-state index contributed by atoms with van der Waals surface area (Å²) in [6, 6.07) is 0. The van der Waals surface area contributed by atoms with Crippen molar-refractivity contribution in [3.63, 3.8) is 0 Å². The highest BCUT2D eigenvalue weighted by Crippen LogP contribution is 2.09. The van der Waals surface area contributed by atoms with Crippen LogP contribution in [0.5, 0.6) is 0 Å². The van der Waals surface area contributed by atoms with E-state index in [0.717, 1.165) is 6.42 Å². The molecule has 0 spiro atoms. The predicted molar refractivity (Wildman–Crippen MR) is 58.9 cm³/mol. The van der Waals surface area contributed by atoms with E-state index in [9.17, 15) is 0 Å². The SMILES string of the molecule is [2H]OCCCCCCCCCCCC. The zero-order chi connectivity index (χ0) is 10.5. The van der Waals surface area contributed by atoms with Crippen LogP contribution in [0.4, 0.5) is 0 Å². The lowest BCUT2D eigenvalue weighted by Crippen LogP contribution is -1.84. The molecule has 0 aromatic rings. The van der Waals surface area contributed by atoms with Crippen LogP contribution >= 0.6 is 0 Å². The highest BCUT2D eigenvalue weighted by Gasteiger charge is 1.91. The maximum atomic E-state index is 6.51. The summed E-state index contributed by atoms with van der Waals surface area (Å²) in [5.74, 6) is 0. The molecule has 1 heteroatoms. The molecule has 0 aliphatic heterocycles. The van der Waals surface area contributed by atoms with Crippen molar-refractivity contribution in [2.24, 2.45) is 0 Å². The van der Waals surface area contributed by atoms with Gasteiger partial charge in [0.05, 0.1) is 0 Å². The molecule has 0 saturated heterocycles. The second kappa shape index (κ2) is 12.0. The van der Waals surface area contributed by atoms with Gasteiger partial charge in [0.2, 0.25) is 1.43 Å². The van der Waals surface area contributed by atoms with Crippen LogP contribution in [0.3, 0.4) is 0 Å². The van der Waals surface area contributed by atoms with Gasteiger partial charge in [-0.05, 0) is 6.42 Å². The summed E-state index contributed by atoms with van der Waals surface area (Å²) in [7, 11) is 0. The fourth-order valence-corrected chi connectivity index (χ4v) is 1.59. The molecule has 0 atom stereocenters. The fraction of sp³-hybridized carbons (Fsp3) is 1.00. The van der Waals surface area contributed by atoms with E-state index in [1.165, 1.54) is 57.8 Å². The Labute approximate surface area is 85.0 Å². The van der Waals surface area contributed by atoms with Crippen LogP contribution in [0.2, 0.25) is 0 Å². The van der Waals surface area contributed by atoms with Crippen LogP contribution < -0.4 is 0 Å². The minimum Gasteiger partial charge on any atom is -0.396 e. The summed E-state index contributed by atoms with van der Waals surface area (Å²) in [5.41, 5.74) is 0. The molecule has 0 aliphatic rings. The van der Waals surface area contributed by atoms with Gasteiger partial charge in [0, 0.05) is 6.61 Å². The number of rotatable bonds is 11. The largest absolute Gasteiger partial charge is 0.396 e. The Morgan fingerprint density at radius 2 is 1.23 bits per heavy atom. The first-order valence-electron chi connectivity index (χ1n) is 6.40. The average molecular weight is 187 g/mol. The Hall–Kier alpha value is -0.0400. The van der Waals surface area contributed by atoms with Gasteiger partial charge < -0.3 is 5.11 Å². The van der Waals surface area contributed by atoms with E-state index in [4.69, 9.17) is 1.43 Å². The van der Waals surface area contributed by atoms with Gasteiger partial charge >= 0.3 is 0 Å². The standard InChI is InChI=1S/C12H26O/c1-2-3-4-5-6-7-8-9-10-11-12-13/h13H,2-12H2,1H3/i13D. The van der Waals surface area contributed by atoms with Gasteiger partial charge in [0.25, 0.3) is 0 Å². The summed E-state index contributed by atoms with van der Waals surface area (Å²) in [6.07, 6.45) is 13.4. The van der Waals surface area contributed by atoms with Crippen LogP contribution in [-0.2, 0) is 0 Å². The molecule has 0 amide bonds. The maximum Gasteiger partial charge on any atom is 0.210 e. The summed E-state index contributed by atoms with van der Waals surface area (Å²) in [4.78, 5) is 0. The highest BCUT2D eigenvalue weighted by molar-refractivity contribution is 4.46. The summed E-state index contributed by atoms with van der Waals surface area (Å²) in [6.45, 7) is 2.87. The van der Waals surface area contributed by atoms with Gasteiger partial charge in [-0.3, -0.25) is 0 Å². The smallest absolute Gasteiger partial charge is 0.210 e. The van der Waals surface area contributed by atoms with Crippen LogP contribution in [0.1, 0.15) is 71.1 Å². The van der Waals surface area contributed by atoms with Gasteiger partial charge in [0.15, 0.2) is 0 Å². The molecule has 0 bridgehead atoms. The Morgan fingerprint density at radius 3 is 1.69 bits per heavy atom. The molecule has 80 valence electrons. The molecule has 0 aromatic heterocycles. The van der Waals surface area contributed by atoms with Crippen molar-refractivity contribution in [2.45, 2.75) is 71.1 Å². The predicted octanol–water partition coefficient (Wildman–Crippen LogP) is 3.90. The van der Waals surface area contributed by atoms with Crippen molar-refractivity contribution >= 4 is 0 Å². The molecule has 0 saturated carbocycles. The minimum atomic E-state index is 0.608. The Balaban J connectivity index is 2.78. The zero-order valence-corrected chi connectivity index (χ0v) is 9.19. The second-order valence-electron chi connectivity index (χ2n) is 3.89. The lowest BCUT2D eigenvalue weighted by atomic mass is 10.1. The lowest BCUT2D eigenvalue weighted by Gasteiger charge is -2.00. The van der Waals surface area contributed by atoms with Gasteiger partial charge in [-0.1, -0.05) is 64.7 Å². The maximum absolute atomic E-state index is 6.51. The van der Waals surface area contributed by atoms with Crippen molar-refractivity contribution in [1.82, 2.24) is 0 Å². The fourth-order valence-electron chi connectivity index (χ4n) is 1.59. The van der Waals surface area contributed by atoms with E-state index in [1.54, 1.807) is 0 Å². The monoisotopic (exact) mass is 187 g/mol. The van der Waals surface area contributed by atoms with Crippen molar-refractivity contribution in [2.75, 3.05) is 6.61 Å².